The van der Waals surface area contributed by atoms with E-state index in [4.69, 9.17) is 5.73 Å². The third-order valence-corrected chi connectivity index (χ3v) is 4.49. The highest BCUT2D eigenvalue weighted by Crippen LogP contribution is 2.10. The number of rotatable bonds is 8. The van der Waals surface area contributed by atoms with E-state index < -0.39 is 27.4 Å². The van der Waals surface area contributed by atoms with Gasteiger partial charge in [-0.1, -0.05) is 19.1 Å². The van der Waals surface area contributed by atoms with Gasteiger partial charge in [0.2, 0.25) is 11.8 Å². The Morgan fingerprint density at radius 3 is 2.33 bits per heavy atom. The summed E-state index contributed by atoms with van der Waals surface area (Å²) < 4.78 is 23.4. The maximum absolute atomic E-state index is 11.7. The number of carbonyl (C=O) groups excluding carboxylic acids is 2. The van der Waals surface area contributed by atoms with E-state index in [1.807, 2.05) is 19.1 Å². The predicted octanol–water partition coefficient (Wildman–Crippen LogP) is 0.868. The molecule has 0 fully saturated rings. The molecule has 7 heteroatoms. The minimum absolute atomic E-state index is 0.000666. The maximum Gasteiger partial charge on any atom is 0.239 e. The summed E-state index contributed by atoms with van der Waals surface area (Å²) in [5.41, 5.74) is 6.63. The lowest BCUT2D eigenvalue weighted by molar-refractivity contribution is -0.118. The summed E-state index contributed by atoms with van der Waals surface area (Å²) in [6.45, 7) is 2.02. The van der Waals surface area contributed by atoms with Crippen molar-refractivity contribution in [1.29, 1.82) is 0 Å². The fraction of sp³-hybridized carbons (Fsp3) is 0.429. The summed E-state index contributed by atoms with van der Waals surface area (Å²) in [6.07, 6.45) is 1.03. The summed E-state index contributed by atoms with van der Waals surface area (Å²) in [5, 5.41) is 2.54. The summed E-state index contributed by atoms with van der Waals surface area (Å²) >= 11 is 0. The van der Waals surface area contributed by atoms with E-state index in [-0.39, 0.29) is 18.6 Å². The highest BCUT2D eigenvalue weighted by molar-refractivity contribution is 7.92. The third-order valence-electron chi connectivity index (χ3n) is 2.88. The van der Waals surface area contributed by atoms with Crippen LogP contribution in [0, 0.1) is 0 Å². The molecule has 0 atom stereocenters. The Morgan fingerprint density at radius 2 is 1.81 bits per heavy atom. The van der Waals surface area contributed by atoms with E-state index in [1.165, 1.54) is 0 Å². The van der Waals surface area contributed by atoms with Gasteiger partial charge in [-0.25, -0.2) is 8.42 Å². The molecule has 6 nitrogen and oxygen atoms in total. The van der Waals surface area contributed by atoms with Crippen molar-refractivity contribution in [3.8, 4) is 0 Å². The Morgan fingerprint density at radius 1 is 1.19 bits per heavy atom. The molecule has 1 rings (SSSR count). The molecule has 0 bridgehead atoms. The largest absolute Gasteiger partial charge is 0.370 e. The molecule has 116 valence electrons. The number of primary amides is 1. The van der Waals surface area contributed by atoms with Gasteiger partial charge in [0.05, 0.1) is 5.75 Å². The highest BCUT2D eigenvalue weighted by atomic mass is 32.2. The van der Waals surface area contributed by atoms with E-state index in [9.17, 15) is 18.0 Å². The average molecular weight is 312 g/mol. The van der Waals surface area contributed by atoms with Crippen LogP contribution >= 0.6 is 0 Å². The molecule has 0 unspecified atom stereocenters. The van der Waals surface area contributed by atoms with Crippen LogP contribution in [0.5, 0.6) is 0 Å². The minimum Gasteiger partial charge on any atom is -0.370 e. The fourth-order valence-corrected chi connectivity index (χ4v) is 2.96. The molecule has 0 aromatic heterocycles. The molecular formula is C14H20N2O4S. The number of sulfone groups is 1. The Kier molecular flexibility index (Phi) is 6.36. The number of benzene rings is 1. The number of hydrogen-bond donors (Lipinski definition) is 2. The zero-order valence-corrected chi connectivity index (χ0v) is 12.8. The zero-order chi connectivity index (χ0) is 15.9. The van der Waals surface area contributed by atoms with Crippen LogP contribution in [0.2, 0.25) is 0 Å². The van der Waals surface area contributed by atoms with Gasteiger partial charge in [-0.05, 0) is 30.5 Å². The van der Waals surface area contributed by atoms with Gasteiger partial charge in [0, 0.05) is 12.1 Å². The van der Waals surface area contributed by atoms with E-state index >= 15 is 0 Å². The van der Waals surface area contributed by atoms with Gasteiger partial charge in [0.25, 0.3) is 0 Å². The quantitative estimate of drug-likeness (QED) is 0.742. The van der Waals surface area contributed by atoms with Crippen LogP contribution in [0.3, 0.4) is 0 Å². The molecule has 1 aromatic rings. The number of anilines is 1. The van der Waals surface area contributed by atoms with E-state index in [2.05, 4.69) is 5.32 Å². The fourth-order valence-electron chi connectivity index (χ4n) is 1.76. The van der Waals surface area contributed by atoms with Crippen LogP contribution < -0.4 is 11.1 Å². The number of hydrogen-bond acceptors (Lipinski definition) is 4. The first-order valence-corrected chi connectivity index (χ1v) is 8.52. The molecular weight excluding hydrogens is 292 g/mol. The van der Waals surface area contributed by atoms with Crippen LogP contribution in [-0.4, -0.2) is 31.7 Å². The van der Waals surface area contributed by atoms with Crippen molar-refractivity contribution in [3.05, 3.63) is 29.8 Å². The van der Waals surface area contributed by atoms with E-state index in [1.54, 1.807) is 12.1 Å². The average Bonchev–Trinajstić information content (AvgIpc) is 2.38. The van der Waals surface area contributed by atoms with Gasteiger partial charge < -0.3 is 11.1 Å². The van der Waals surface area contributed by atoms with Crippen LogP contribution in [0.1, 0.15) is 25.3 Å². The van der Waals surface area contributed by atoms with Crippen LogP contribution in [0.4, 0.5) is 5.69 Å². The SMILES string of the molecule is CCc1ccc(NC(=O)CS(=O)(=O)CCCC(N)=O)cc1. The smallest absolute Gasteiger partial charge is 0.239 e. The van der Waals surface area contributed by atoms with Crippen LogP contribution in [0.25, 0.3) is 0 Å². The van der Waals surface area contributed by atoms with Crippen LogP contribution in [0.15, 0.2) is 24.3 Å². The second-order valence-electron chi connectivity index (χ2n) is 4.76. The molecule has 0 spiro atoms. The topological polar surface area (TPSA) is 106 Å². The van der Waals surface area contributed by atoms with Gasteiger partial charge in [-0.15, -0.1) is 0 Å². The highest BCUT2D eigenvalue weighted by Gasteiger charge is 2.16. The summed E-state index contributed by atoms with van der Waals surface area (Å²) in [5.74, 6) is -1.96. The first-order valence-electron chi connectivity index (χ1n) is 6.70. The first kappa shape index (κ1) is 17.2. The van der Waals surface area contributed by atoms with Crippen molar-refractivity contribution >= 4 is 27.3 Å². The summed E-state index contributed by atoms with van der Waals surface area (Å²) in [4.78, 5) is 22.2. The molecule has 1 aromatic carbocycles. The van der Waals surface area contributed by atoms with Gasteiger partial charge in [-0.3, -0.25) is 9.59 Å². The molecule has 0 aliphatic rings. The second kappa shape index (κ2) is 7.78. The lowest BCUT2D eigenvalue weighted by Gasteiger charge is -2.07. The van der Waals surface area contributed by atoms with Crippen LogP contribution in [-0.2, 0) is 25.8 Å². The summed E-state index contributed by atoms with van der Waals surface area (Å²) in [6, 6.07) is 7.21. The monoisotopic (exact) mass is 312 g/mol. The predicted molar refractivity (Wildman–Crippen MR) is 81.5 cm³/mol. The molecule has 0 aliphatic heterocycles. The molecule has 21 heavy (non-hydrogen) atoms. The third kappa shape index (κ3) is 6.89. The van der Waals surface area contributed by atoms with Crippen molar-refractivity contribution in [1.82, 2.24) is 0 Å². The number of aryl methyl sites for hydroxylation is 1. The Bertz CT molecular complexity index is 594. The second-order valence-corrected chi connectivity index (χ2v) is 6.94. The van der Waals surface area contributed by atoms with E-state index in [0.29, 0.717) is 5.69 Å². The lowest BCUT2D eigenvalue weighted by Crippen LogP contribution is -2.25. The van der Waals surface area contributed by atoms with E-state index in [0.717, 1.165) is 12.0 Å². The van der Waals surface area contributed by atoms with Crippen molar-refractivity contribution < 1.29 is 18.0 Å². The van der Waals surface area contributed by atoms with Gasteiger partial charge in [0.1, 0.15) is 5.75 Å². The van der Waals surface area contributed by atoms with Gasteiger partial charge in [0.15, 0.2) is 9.84 Å². The zero-order valence-electron chi connectivity index (χ0n) is 12.0. The van der Waals surface area contributed by atoms with Crippen molar-refractivity contribution in [2.75, 3.05) is 16.8 Å². The molecule has 0 aliphatic carbocycles. The van der Waals surface area contributed by atoms with Gasteiger partial charge >= 0.3 is 0 Å². The number of amides is 2. The van der Waals surface area contributed by atoms with Crippen molar-refractivity contribution in [2.24, 2.45) is 5.73 Å². The number of nitrogens with two attached hydrogens (primary N) is 1. The lowest BCUT2D eigenvalue weighted by atomic mass is 10.1. The standard InChI is InChI=1S/C14H20N2O4S/c1-2-11-5-7-12(8-6-11)16-14(18)10-21(19,20)9-3-4-13(15)17/h5-8H,2-4,9-10H2,1H3,(H2,15,17)(H,16,18). The maximum atomic E-state index is 11.7. The molecule has 0 saturated heterocycles. The van der Waals surface area contributed by atoms with Crippen molar-refractivity contribution in [3.63, 3.8) is 0 Å². The Labute approximate surface area is 124 Å². The normalized spacial score (nSPS) is 11.1. The van der Waals surface area contributed by atoms with Crippen molar-refractivity contribution in [2.45, 2.75) is 26.2 Å². The van der Waals surface area contributed by atoms with Gasteiger partial charge in [-0.2, -0.15) is 0 Å². The molecule has 3 N–H and O–H groups in total. The minimum atomic E-state index is -3.53. The molecule has 0 heterocycles. The summed E-state index contributed by atoms with van der Waals surface area (Å²) in [7, 11) is -3.53. The number of nitrogens with one attached hydrogen (secondary N) is 1. The number of carbonyl (C=O) groups is 2. The first-order chi connectivity index (χ1) is 9.82. The Hall–Kier alpha value is -1.89. The Balaban J connectivity index is 2.49. The molecule has 2 amide bonds. The molecule has 0 radical (unpaired) electrons. The molecule has 0 saturated carbocycles.